The normalized spacial score (nSPS) is 15.5. The van der Waals surface area contributed by atoms with Gasteiger partial charge in [0.05, 0.1) is 5.75 Å². The monoisotopic (exact) mass is 386 g/mol. The van der Waals surface area contributed by atoms with Crippen molar-refractivity contribution >= 4 is 21.6 Å². The van der Waals surface area contributed by atoms with Gasteiger partial charge in [-0.3, -0.25) is 4.79 Å². The van der Waals surface area contributed by atoms with Gasteiger partial charge in [-0.1, -0.05) is 30.7 Å². The molecule has 2 aromatic rings. The molecule has 0 aliphatic carbocycles. The number of aryl methyl sites for hydroxylation is 1. The van der Waals surface area contributed by atoms with Crippen molar-refractivity contribution in [3.8, 4) is 0 Å². The first-order chi connectivity index (χ1) is 12.9. The predicted octanol–water partition coefficient (Wildman–Crippen LogP) is 3.87. The molecule has 0 atom stereocenters. The van der Waals surface area contributed by atoms with Crippen molar-refractivity contribution in [3.63, 3.8) is 0 Å². The molecule has 0 unspecified atom stereocenters. The molecular formula is C21H26N2O3S. The second kappa shape index (κ2) is 8.23. The van der Waals surface area contributed by atoms with E-state index in [-0.39, 0.29) is 11.7 Å². The maximum absolute atomic E-state index is 12.5. The molecule has 6 heteroatoms. The van der Waals surface area contributed by atoms with Gasteiger partial charge in [-0.15, -0.1) is 0 Å². The average molecular weight is 387 g/mol. The third-order valence-corrected chi connectivity index (χ3v) is 6.98. The molecule has 2 aromatic carbocycles. The van der Waals surface area contributed by atoms with Crippen LogP contribution in [0.15, 0.2) is 42.5 Å². The van der Waals surface area contributed by atoms with Gasteiger partial charge in [0, 0.05) is 24.3 Å². The lowest BCUT2D eigenvalue weighted by Gasteiger charge is -2.25. The second-order valence-electron chi connectivity index (χ2n) is 7.11. The highest BCUT2D eigenvalue weighted by atomic mass is 32.2. The van der Waals surface area contributed by atoms with Crippen LogP contribution in [0.2, 0.25) is 0 Å². The fourth-order valence-electron chi connectivity index (χ4n) is 3.28. The Morgan fingerprint density at radius 3 is 2.33 bits per heavy atom. The summed E-state index contributed by atoms with van der Waals surface area (Å²) in [4.78, 5) is 12.5. The molecule has 27 heavy (non-hydrogen) atoms. The number of anilines is 1. The minimum atomic E-state index is -3.30. The zero-order chi connectivity index (χ0) is 19.4. The van der Waals surface area contributed by atoms with Crippen LogP contribution in [0.25, 0.3) is 0 Å². The molecule has 3 rings (SSSR count). The zero-order valence-corrected chi connectivity index (χ0v) is 16.7. The van der Waals surface area contributed by atoms with E-state index in [0.29, 0.717) is 24.2 Å². The minimum Gasteiger partial charge on any atom is -0.322 e. The number of amides is 1. The summed E-state index contributed by atoms with van der Waals surface area (Å²) in [6.45, 7) is 5.19. The van der Waals surface area contributed by atoms with Crippen molar-refractivity contribution in [1.82, 2.24) is 4.31 Å². The number of hydrogen-bond donors (Lipinski definition) is 1. The Balaban J connectivity index is 1.67. The molecule has 1 heterocycles. The lowest BCUT2D eigenvalue weighted by molar-refractivity contribution is 0.102. The molecule has 0 bridgehead atoms. The van der Waals surface area contributed by atoms with E-state index in [1.807, 2.05) is 32.0 Å². The van der Waals surface area contributed by atoms with Crippen molar-refractivity contribution in [3.05, 3.63) is 64.7 Å². The van der Waals surface area contributed by atoms with Crippen molar-refractivity contribution in [1.29, 1.82) is 0 Å². The summed E-state index contributed by atoms with van der Waals surface area (Å²) in [7, 11) is -3.30. The predicted molar refractivity (Wildman–Crippen MR) is 108 cm³/mol. The van der Waals surface area contributed by atoms with Crippen molar-refractivity contribution in [2.45, 2.75) is 38.9 Å². The number of nitrogens with zero attached hydrogens (tertiary/aromatic N) is 1. The molecule has 1 fully saturated rings. The average Bonchev–Trinajstić information content (AvgIpc) is 2.66. The maximum Gasteiger partial charge on any atom is 0.255 e. The summed E-state index contributed by atoms with van der Waals surface area (Å²) in [5.74, 6) is -0.222. The lowest BCUT2D eigenvalue weighted by Crippen LogP contribution is -2.36. The molecule has 0 saturated carbocycles. The van der Waals surface area contributed by atoms with E-state index in [1.54, 1.807) is 28.6 Å². The van der Waals surface area contributed by atoms with E-state index < -0.39 is 10.0 Å². The fraction of sp³-hybridized carbons (Fsp3) is 0.381. The van der Waals surface area contributed by atoms with Crippen LogP contribution in [-0.2, 0) is 15.8 Å². The van der Waals surface area contributed by atoms with E-state index in [2.05, 4.69) is 5.32 Å². The largest absolute Gasteiger partial charge is 0.322 e. The summed E-state index contributed by atoms with van der Waals surface area (Å²) in [5.41, 5.74) is 4.15. The van der Waals surface area contributed by atoms with Gasteiger partial charge in [-0.05, 0) is 61.6 Å². The molecule has 1 aliphatic rings. The highest BCUT2D eigenvalue weighted by molar-refractivity contribution is 7.88. The topological polar surface area (TPSA) is 66.5 Å². The first kappa shape index (κ1) is 19.6. The van der Waals surface area contributed by atoms with Gasteiger partial charge in [-0.2, -0.15) is 0 Å². The number of hydrogen-bond acceptors (Lipinski definition) is 3. The number of rotatable bonds is 5. The molecule has 5 nitrogen and oxygen atoms in total. The lowest BCUT2D eigenvalue weighted by atomic mass is 10.1. The Hall–Kier alpha value is -2.18. The Morgan fingerprint density at radius 1 is 1.00 bits per heavy atom. The van der Waals surface area contributed by atoms with E-state index in [1.165, 1.54) is 0 Å². The quantitative estimate of drug-likeness (QED) is 0.848. The van der Waals surface area contributed by atoms with E-state index in [9.17, 15) is 13.2 Å². The summed E-state index contributed by atoms with van der Waals surface area (Å²) < 4.78 is 26.6. The Morgan fingerprint density at radius 2 is 1.67 bits per heavy atom. The molecule has 1 amide bonds. The Labute approximate surface area is 161 Å². The van der Waals surface area contributed by atoms with Crippen molar-refractivity contribution < 1.29 is 13.2 Å². The van der Waals surface area contributed by atoms with Crippen LogP contribution in [0.5, 0.6) is 0 Å². The van der Waals surface area contributed by atoms with Gasteiger partial charge in [0.2, 0.25) is 10.0 Å². The van der Waals surface area contributed by atoms with E-state index >= 15 is 0 Å². The number of carbonyl (C=O) groups excluding carboxylic acids is 1. The standard InChI is InChI=1S/C21H26N2O3S/c1-16-7-6-8-20(17(16)2)22-21(24)19-11-9-18(10-12-19)15-27(25,26)23-13-4-3-5-14-23/h6-12H,3-5,13-15H2,1-2H3,(H,22,24). The van der Waals surface area contributed by atoms with Crippen LogP contribution in [0.4, 0.5) is 5.69 Å². The first-order valence-corrected chi connectivity index (χ1v) is 10.9. The molecule has 1 saturated heterocycles. The second-order valence-corrected chi connectivity index (χ2v) is 9.08. The molecular weight excluding hydrogens is 360 g/mol. The number of carbonyl (C=O) groups is 1. The van der Waals surface area contributed by atoms with Gasteiger partial charge in [0.25, 0.3) is 5.91 Å². The van der Waals surface area contributed by atoms with E-state index in [4.69, 9.17) is 0 Å². The summed E-state index contributed by atoms with van der Waals surface area (Å²) >= 11 is 0. The zero-order valence-electron chi connectivity index (χ0n) is 15.9. The fourth-order valence-corrected chi connectivity index (χ4v) is 4.89. The van der Waals surface area contributed by atoms with Crippen molar-refractivity contribution in [2.75, 3.05) is 18.4 Å². The molecule has 1 N–H and O–H groups in total. The number of sulfonamides is 1. The number of benzene rings is 2. The van der Waals surface area contributed by atoms with Crippen LogP contribution in [0.1, 0.15) is 46.3 Å². The molecule has 0 radical (unpaired) electrons. The van der Waals surface area contributed by atoms with Gasteiger partial charge in [0.1, 0.15) is 0 Å². The summed E-state index contributed by atoms with van der Waals surface area (Å²) in [6.07, 6.45) is 2.95. The number of nitrogens with one attached hydrogen (secondary N) is 1. The minimum absolute atomic E-state index is 0.0219. The highest BCUT2D eigenvalue weighted by Crippen LogP contribution is 2.20. The first-order valence-electron chi connectivity index (χ1n) is 9.31. The van der Waals surface area contributed by atoms with Crippen LogP contribution in [0.3, 0.4) is 0 Å². The van der Waals surface area contributed by atoms with Gasteiger partial charge >= 0.3 is 0 Å². The van der Waals surface area contributed by atoms with Crippen LogP contribution in [0, 0.1) is 13.8 Å². The molecule has 144 valence electrons. The molecule has 0 aromatic heterocycles. The molecule has 1 aliphatic heterocycles. The Kier molecular flexibility index (Phi) is 5.97. The van der Waals surface area contributed by atoms with Crippen LogP contribution >= 0.6 is 0 Å². The third kappa shape index (κ3) is 4.76. The maximum atomic E-state index is 12.5. The van der Waals surface area contributed by atoms with Gasteiger partial charge < -0.3 is 5.32 Å². The third-order valence-electron chi connectivity index (χ3n) is 5.13. The van der Waals surface area contributed by atoms with Crippen molar-refractivity contribution in [2.24, 2.45) is 0 Å². The highest BCUT2D eigenvalue weighted by Gasteiger charge is 2.24. The Bertz CT molecular complexity index is 915. The van der Waals surface area contributed by atoms with Crippen LogP contribution < -0.4 is 5.32 Å². The summed E-state index contributed by atoms with van der Waals surface area (Å²) in [6, 6.07) is 12.6. The van der Waals surface area contributed by atoms with Crippen LogP contribution in [-0.4, -0.2) is 31.7 Å². The summed E-state index contributed by atoms with van der Waals surface area (Å²) in [5, 5.41) is 2.92. The van der Waals surface area contributed by atoms with Gasteiger partial charge in [0.15, 0.2) is 0 Å². The van der Waals surface area contributed by atoms with E-state index in [0.717, 1.165) is 36.1 Å². The SMILES string of the molecule is Cc1cccc(NC(=O)c2ccc(CS(=O)(=O)N3CCCCC3)cc2)c1C. The smallest absolute Gasteiger partial charge is 0.255 e. The number of piperidine rings is 1. The molecule has 0 spiro atoms. The van der Waals surface area contributed by atoms with Gasteiger partial charge in [-0.25, -0.2) is 12.7 Å².